The van der Waals surface area contributed by atoms with Gasteiger partial charge in [-0.1, -0.05) is 0 Å². The minimum atomic E-state index is -1.86. The largest absolute Gasteiger partial charge is 0.394 e. The number of carbonyl (C=O) groups is 1. The predicted octanol–water partition coefficient (Wildman–Crippen LogP) is -3.38. The highest BCUT2D eigenvalue weighted by Gasteiger charge is 2.28. The molecule has 0 spiro atoms. The second-order valence-electron chi connectivity index (χ2n) is 2.31. The number of Topliss-reactive ketones (excluding diaryl/α,β-unsaturated/α-hetero) is 1. The molecule has 0 unspecified atom stereocenters. The molecule has 0 saturated carbocycles. The highest BCUT2D eigenvalue weighted by molar-refractivity contribution is 5.84. The first kappa shape index (κ1) is 11.5. The van der Waals surface area contributed by atoms with Gasteiger partial charge in [0.25, 0.3) is 0 Å². The lowest BCUT2D eigenvalue weighted by Crippen LogP contribution is -2.44. The zero-order valence-electron chi connectivity index (χ0n) is 6.29. The van der Waals surface area contributed by atoms with E-state index in [1.165, 1.54) is 0 Å². The van der Waals surface area contributed by atoms with Gasteiger partial charge in [-0.25, -0.2) is 0 Å². The fraction of sp³-hybridized carbons (Fsp3) is 0.833. The number of hydrogen-bond donors (Lipinski definition) is 5. The minimum absolute atomic E-state index is 0.767. The maximum absolute atomic E-state index is 10.5. The van der Waals surface area contributed by atoms with E-state index >= 15 is 0 Å². The van der Waals surface area contributed by atoms with Crippen LogP contribution >= 0.6 is 0 Å². The lowest BCUT2D eigenvalue weighted by molar-refractivity contribution is -0.142. The number of rotatable bonds is 5. The van der Waals surface area contributed by atoms with Crippen LogP contribution in [0.4, 0.5) is 0 Å². The highest BCUT2D eigenvalue weighted by atomic mass is 16.5. The maximum Gasteiger partial charge on any atom is 0.189 e. The van der Waals surface area contributed by atoms with Crippen LogP contribution < -0.4 is 0 Å². The molecule has 0 rings (SSSR count). The maximum atomic E-state index is 10.5. The van der Waals surface area contributed by atoms with E-state index in [1.807, 2.05) is 0 Å². The van der Waals surface area contributed by atoms with Crippen LogP contribution in [0.1, 0.15) is 0 Å². The number of aliphatic hydroxyl groups is 5. The van der Waals surface area contributed by atoms with Crippen molar-refractivity contribution in [3.8, 4) is 0 Å². The normalized spacial score (nSPS) is 18.4. The molecule has 0 aromatic heterocycles. The fourth-order valence-electron chi connectivity index (χ4n) is 0.602. The van der Waals surface area contributed by atoms with Gasteiger partial charge in [-0.05, 0) is 0 Å². The van der Waals surface area contributed by atoms with Gasteiger partial charge in [0.15, 0.2) is 5.78 Å². The Balaban J connectivity index is 4.08. The molecule has 3 atom stereocenters. The molecule has 0 bridgehead atoms. The summed E-state index contributed by atoms with van der Waals surface area (Å²) in [5, 5.41) is 43.1. The van der Waals surface area contributed by atoms with Crippen molar-refractivity contribution in [3.05, 3.63) is 0 Å². The molecular weight excluding hydrogens is 170 g/mol. The average Bonchev–Trinajstić information content (AvgIpc) is 2.12. The van der Waals surface area contributed by atoms with E-state index in [-0.39, 0.29) is 0 Å². The number of carbonyl (C=O) groups excluding carboxylic acids is 1. The Hall–Kier alpha value is -0.530. The van der Waals surface area contributed by atoms with Crippen molar-refractivity contribution in [2.24, 2.45) is 0 Å². The summed E-state index contributed by atoms with van der Waals surface area (Å²) in [7, 11) is 0. The van der Waals surface area contributed by atoms with Gasteiger partial charge >= 0.3 is 0 Å². The molecule has 0 heterocycles. The summed E-state index contributed by atoms with van der Waals surface area (Å²) in [6.45, 7) is -1.69. The van der Waals surface area contributed by atoms with E-state index in [2.05, 4.69) is 0 Å². The third kappa shape index (κ3) is 2.84. The fourth-order valence-corrected chi connectivity index (χ4v) is 0.602. The molecule has 0 aromatic carbocycles. The Morgan fingerprint density at radius 2 is 1.83 bits per heavy atom. The lowest BCUT2D eigenvalue weighted by Gasteiger charge is -2.19. The van der Waals surface area contributed by atoms with Gasteiger partial charge in [-0.2, -0.15) is 0 Å². The third-order valence-electron chi connectivity index (χ3n) is 1.39. The molecule has 0 aliphatic heterocycles. The van der Waals surface area contributed by atoms with Gasteiger partial charge in [-0.3, -0.25) is 4.79 Å². The van der Waals surface area contributed by atoms with Crippen LogP contribution in [0.5, 0.6) is 0 Å². The second kappa shape index (κ2) is 5.18. The zero-order valence-corrected chi connectivity index (χ0v) is 6.29. The molecule has 72 valence electrons. The molecule has 0 amide bonds. The lowest BCUT2D eigenvalue weighted by atomic mass is 10.1. The van der Waals surface area contributed by atoms with Gasteiger partial charge in [0.2, 0.25) is 0 Å². The summed E-state index contributed by atoms with van der Waals surface area (Å²) in [5.41, 5.74) is 0. The van der Waals surface area contributed by atoms with Crippen LogP contribution in [0.2, 0.25) is 0 Å². The number of aliphatic hydroxyl groups excluding tert-OH is 5. The quantitative estimate of drug-likeness (QED) is 0.303. The van der Waals surface area contributed by atoms with Crippen molar-refractivity contribution in [3.63, 3.8) is 0 Å². The summed E-state index contributed by atoms with van der Waals surface area (Å²) in [6.07, 6.45) is -5.22. The topological polar surface area (TPSA) is 118 Å². The Bertz CT molecular complexity index is 147. The molecule has 0 aliphatic carbocycles. The van der Waals surface area contributed by atoms with Crippen molar-refractivity contribution >= 4 is 5.78 Å². The molecule has 6 heteroatoms. The van der Waals surface area contributed by atoms with Gasteiger partial charge in [0.1, 0.15) is 24.9 Å². The van der Waals surface area contributed by atoms with Gasteiger partial charge in [0.05, 0.1) is 6.61 Å². The summed E-state index contributed by atoms with van der Waals surface area (Å²) >= 11 is 0. The van der Waals surface area contributed by atoms with E-state index < -0.39 is 37.3 Å². The monoisotopic (exact) mass is 182 g/mol. The summed E-state index contributed by atoms with van der Waals surface area (Å²) in [4.78, 5) is 10.5. The molecule has 0 aromatic rings. The van der Waals surface area contributed by atoms with Crippen LogP contribution in [-0.4, -0.2) is 62.8 Å². The van der Waals surface area contributed by atoms with E-state index in [0.29, 0.717) is 0 Å². The SMILES string of the molecule is O=C([14CH2]O)[C@@H](O)[C@@H](O)[C@H](O)CO. The van der Waals surface area contributed by atoms with E-state index in [4.69, 9.17) is 25.5 Å². The Labute approximate surface area is 68.7 Å². The first-order valence-corrected chi connectivity index (χ1v) is 3.33. The highest BCUT2D eigenvalue weighted by Crippen LogP contribution is 2.00. The smallest absolute Gasteiger partial charge is 0.189 e. The van der Waals surface area contributed by atoms with Crippen molar-refractivity contribution in [2.45, 2.75) is 18.3 Å². The van der Waals surface area contributed by atoms with Gasteiger partial charge in [0, 0.05) is 0 Å². The molecule has 12 heavy (non-hydrogen) atoms. The standard InChI is InChI=1S/C6H12O6/c7-1-3(9)5(11)6(12)4(10)2-8/h3,5-9,11-12H,1-2H2/t3-,5+,6-/m1/s1/i2+2. The molecule has 5 N–H and O–H groups in total. The molecular formula is C6H12O6. The Morgan fingerprint density at radius 1 is 1.33 bits per heavy atom. The van der Waals surface area contributed by atoms with Crippen molar-refractivity contribution in [1.82, 2.24) is 0 Å². The van der Waals surface area contributed by atoms with Gasteiger partial charge in [-0.15, -0.1) is 0 Å². The van der Waals surface area contributed by atoms with Crippen molar-refractivity contribution < 1.29 is 30.3 Å². The Kier molecular flexibility index (Phi) is 4.95. The zero-order chi connectivity index (χ0) is 9.72. The predicted molar refractivity (Wildman–Crippen MR) is 37.2 cm³/mol. The first-order chi connectivity index (χ1) is 5.54. The van der Waals surface area contributed by atoms with E-state index in [0.717, 1.165) is 0 Å². The van der Waals surface area contributed by atoms with Crippen LogP contribution in [-0.2, 0) is 4.79 Å². The summed E-state index contributed by atoms with van der Waals surface area (Å²) < 4.78 is 0. The van der Waals surface area contributed by atoms with E-state index in [1.54, 1.807) is 0 Å². The summed E-state index contributed by atoms with van der Waals surface area (Å²) in [5.74, 6) is -1.00. The van der Waals surface area contributed by atoms with Gasteiger partial charge < -0.3 is 25.5 Å². The molecule has 0 fully saturated rings. The Morgan fingerprint density at radius 3 is 2.17 bits per heavy atom. The molecule has 0 radical (unpaired) electrons. The van der Waals surface area contributed by atoms with Crippen molar-refractivity contribution in [2.75, 3.05) is 13.2 Å². The van der Waals surface area contributed by atoms with Crippen LogP contribution in [0.3, 0.4) is 0 Å². The van der Waals surface area contributed by atoms with Crippen LogP contribution in [0, 0.1) is 0 Å². The van der Waals surface area contributed by atoms with E-state index in [9.17, 15) is 4.79 Å². The second-order valence-corrected chi connectivity index (χ2v) is 2.31. The first-order valence-electron chi connectivity index (χ1n) is 3.33. The van der Waals surface area contributed by atoms with Crippen LogP contribution in [0.15, 0.2) is 0 Å². The number of hydrogen-bond acceptors (Lipinski definition) is 6. The molecule has 0 saturated heterocycles. The summed E-state index contributed by atoms with van der Waals surface area (Å²) in [6, 6.07) is 0. The van der Waals surface area contributed by atoms with Crippen molar-refractivity contribution in [1.29, 1.82) is 0 Å². The third-order valence-corrected chi connectivity index (χ3v) is 1.39. The van der Waals surface area contributed by atoms with Crippen LogP contribution in [0.25, 0.3) is 0 Å². The molecule has 0 aliphatic rings. The minimum Gasteiger partial charge on any atom is -0.394 e. The molecule has 6 nitrogen and oxygen atoms in total. The average molecular weight is 182 g/mol. The number of ketones is 1.